The first kappa shape index (κ1) is 10.9. The van der Waals surface area contributed by atoms with Gasteiger partial charge in [-0.2, -0.15) is 0 Å². The van der Waals surface area contributed by atoms with E-state index in [0.717, 1.165) is 5.76 Å². The summed E-state index contributed by atoms with van der Waals surface area (Å²) < 4.78 is 5.28. The summed E-state index contributed by atoms with van der Waals surface area (Å²) in [5, 5.41) is 0. The molecule has 0 aliphatic carbocycles. The Balaban J connectivity index is 0.000001000. The van der Waals surface area contributed by atoms with Gasteiger partial charge in [-0.25, -0.2) is 0 Å². The zero-order valence-corrected chi connectivity index (χ0v) is 9.95. The molecule has 0 aromatic carbocycles. The molecule has 0 aliphatic rings. The molecule has 1 heterocycles. The Morgan fingerprint density at radius 1 is 1.36 bits per heavy atom. The molecule has 0 amide bonds. The molecular weight excluding hydrogens is 312 g/mol. The van der Waals surface area contributed by atoms with Gasteiger partial charge in [0.15, 0.2) is 0 Å². The van der Waals surface area contributed by atoms with Gasteiger partial charge in [0.05, 0.1) is 0 Å². The smallest absolute Gasteiger partial charge is 0.0323 e. The molecule has 11 heavy (non-hydrogen) atoms. The van der Waals surface area contributed by atoms with Gasteiger partial charge in [-0.1, -0.05) is 27.7 Å². The van der Waals surface area contributed by atoms with Gasteiger partial charge in [-0.05, 0) is 0 Å². The van der Waals surface area contributed by atoms with E-state index in [0.29, 0.717) is 5.89 Å². The van der Waals surface area contributed by atoms with Gasteiger partial charge in [0, 0.05) is 37.5 Å². The fourth-order valence-corrected chi connectivity index (χ4v) is 0.644. The van der Waals surface area contributed by atoms with Crippen molar-refractivity contribution in [3.8, 4) is 0 Å². The summed E-state index contributed by atoms with van der Waals surface area (Å²) in [6.45, 7) is 8.04. The predicted molar refractivity (Wildman–Crippen MR) is 38.8 cm³/mol. The molecule has 0 spiro atoms. The number of rotatable bonds is 0. The Bertz CT molecular complexity index is 224. The van der Waals surface area contributed by atoms with Crippen molar-refractivity contribution >= 4 is 0 Å². The maximum absolute atomic E-state index is 5.28. The van der Waals surface area contributed by atoms with E-state index in [9.17, 15) is 0 Å². The number of hydrogen-bond acceptors (Lipinski definition) is 2. The Kier molecular flexibility index (Phi) is 3.47. The van der Waals surface area contributed by atoms with E-state index in [-0.39, 0.29) is 25.8 Å². The van der Waals surface area contributed by atoms with Crippen molar-refractivity contribution in [3.63, 3.8) is 0 Å². The minimum atomic E-state index is 0. The summed E-state index contributed by atoms with van der Waals surface area (Å²) in [5.41, 5.74) is 0.0290. The van der Waals surface area contributed by atoms with Crippen molar-refractivity contribution in [1.29, 1.82) is 0 Å². The van der Waals surface area contributed by atoms with Crippen molar-refractivity contribution in [1.82, 2.24) is 4.98 Å². The zero-order chi connectivity index (χ0) is 7.78. The monoisotopic (exact) mass is 325 g/mol. The molecule has 63 valence electrons. The molecule has 0 fully saturated rings. The third kappa shape index (κ3) is 2.77. The van der Waals surface area contributed by atoms with E-state index < -0.39 is 0 Å². The summed E-state index contributed by atoms with van der Waals surface area (Å²) in [7, 11) is 0. The van der Waals surface area contributed by atoms with Crippen molar-refractivity contribution in [2.75, 3.05) is 0 Å². The third-order valence-corrected chi connectivity index (χ3v) is 1.25. The molecule has 0 bridgehead atoms. The summed E-state index contributed by atoms with van der Waals surface area (Å²) in [6.07, 6.45) is 2.83. The summed E-state index contributed by atoms with van der Waals surface area (Å²) in [6, 6.07) is 0. The standard InChI is InChI=1S/C8H12NO.Re/c1-6-9-5-7(10-6)8(2,3)4;/h1-4H3;/q-1;. The minimum Gasteiger partial charge on any atom is -0.550 e. The van der Waals surface area contributed by atoms with Gasteiger partial charge in [0.25, 0.3) is 0 Å². The molecule has 1 rings (SSSR count). The van der Waals surface area contributed by atoms with Gasteiger partial charge in [-0.15, -0.1) is 6.20 Å². The maximum Gasteiger partial charge on any atom is 0.0323 e. The van der Waals surface area contributed by atoms with Crippen LogP contribution in [0.25, 0.3) is 0 Å². The molecule has 0 N–H and O–H groups in total. The van der Waals surface area contributed by atoms with E-state index >= 15 is 0 Å². The van der Waals surface area contributed by atoms with Crippen LogP contribution in [-0.4, -0.2) is 4.98 Å². The largest absolute Gasteiger partial charge is 0.550 e. The van der Waals surface area contributed by atoms with Gasteiger partial charge in [0.1, 0.15) is 0 Å². The van der Waals surface area contributed by atoms with Crippen molar-refractivity contribution in [2.24, 2.45) is 0 Å². The second-order valence-electron chi connectivity index (χ2n) is 3.42. The summed E-state index contributed by atoms with van der Waals surface area (Å²) >= 11 is 0. The second kappa shape index (κ2) is 3.51. The molecule has 3 heteroatoms. The molecule has 1 aromatic rings. The van der Waals surface area contributed by atoms with Gasteiger partial charge >= 0.3 is 0 Å². The third-order valence-electron chi connectivity index (χ3n) is 1.25. The minimum absolute atomic E-state index is 0. The first-order valence-electron chi connectivity index (χ1n) is 3.36. The fourth-order valence-electron chi connectivity index (χ4n) is 0.644. The van der Waals surface area contributed by atoms with E-state index in [1.165, 1.54) is 0 Å². The normalized spacial score (nSPS) is 10.9. The fraction of sp³-hybridized carbons (Fsp3) is 0.625. The Morgan fingerprint density at radius 3 is 2.09 bits per heavy atom. The van der Waals surface area contributed by atoms with Crippen LogP contribution in [0.2, 0.25) is 0 Å². The van der Waals surface area contributed by atoms with Gasteiger partial charge in [0.2, 0.25) is 0 Å². The molecule has 1 radical (unpaired) electrons. The first-order valence-corrected chi connectivity index (χ1v) is 3.36. The number of aromatic nitrogens is 1. The van der Waals surface area contributed by atoms with Crippen LogP contribution in [0, 0.1) is 13.1 Å². The van der Waals surface area contributed by atoms with Crippen LogP contribution in [-0.2, 0) is 25.8 Å². The van der Waals surface area contributed by atoms with E-state index in [2.05, 4.69) is 32.0 Å². The van der Waals surface area contributed by atoms with Gasteiger partial charge < -0.3 is 9.40 Å². The van der Waals surface area contributed by atoms with Crippen LogP contribution in [0.15, 0.2) is 4.42 Å². The molecule has 0 aliphatic heterocycles. The molecular formula is C8H12NORe-. The Morgan fingerprint density at radius 2 is 1.91 bits per heavy atom. The van der Waals surface area contributed by atoms with Crippen LogP contribution in [0.1, 0.15) is 32.4 Å². The average molecular weight is 324 g/mol. The van der Waals surface area contributed by atoms with Crippen molar-refractivity contribution < 1.29 is 24.8 Å². The number of aryl methyl sites for hydroxylation is 1. The summed E-state index contributed by atoms with van der Waals surface area (Å²) in [4.78, 5) is 3.89. The Hall–Kier alpha value is -0.128. The molecule has 1 aromatic heterocycles. The molecule has 0 unspecified atom stereocenters. The zero-order valence-electron chi connectivity index (χ0n) is 7.23. The Labute approximate surface area is 81.0 Å². The van der Waals surface area contributed by atoms with Crippen molar-refractivity contribution in [3.05, 3.63) is 17.8 Å². The SMILES string of the molecule is Cc1n[c-]c(C(C)(C)C)o1.[Re]. The first-order chi connectivity index (χ1) is 4.50. The average Bonchev–Trinajstić information content (AvgIpc) is 2.11. The maximum atomic E-state index is 5.28. The topological polar surface area (TPSA) is 26.0 Å². The van der Waals surface area contributed by atoms with Crippen molar-refractivity contribution in [2.45, 2.75) is 33.1 Å². The molecule has 0 atom stereocenters. The van der Waals surface area contributed by atoms with Crippen LogP contribution in [0.5, 0.6) is 0 Å². The number of oxazole rings is 1. The number of nitrogens with zero attached hydrogens (tertiary/aromatic N) is 1. The van der Waals surface area contributed by atoms with Gasteiger partial charge in [-0.3, -0.25) is 0 Å². The van der Waals surface area contributed by atoms with E-state index in [1.807, 2.05) is 6.92 Å². The predicted octanol–water partition coefficient (Wildman–Crippen LogP) is 2.08. The summed E-state index contributed by atoms with van der Waals surface area (Å²) in [5.74, 6) is 1.51. The van der Waals surface area contributed by atoms with E-state index in [1.54, 1.807) is 0 Å². The second-order valence-corrected chi connectivity index (χ2v) is 3.42. The van der Waals surface area contributed by atoms with Crippen LogP contribution in [0.3, 0.4) is 0 Å². The number of hydrogen-bond donors (Lipinski definition) is 0. The molecule has 2 nitrogen and oxygen atoms in total. The van der Waals surface area contributed by atoms with Crippen LogP contribution >= 0.6 is 0 Å². The van der Waals surface area contributed by atoms with Crippen LogP contribution in [0.4, 0.5) is 0 Å². The molecule has 0 saturated carbocycles. The van der Waals surface area contributed by atoms with E-state index in [4.69, 9.17) is 4.42 Å². The molecule has 0 saturated heterocycles. The quantitative estimate of drug-likeness (QED) is 0.683. The van der Waals surface area contributed by atoms with Crippen LogP contribution < -0.4 is 0 Å².